The monoisotopic (exact) mass is 222 g/mol. The maximum atomic E-state index is 5.61. The minimum atomic E-state index is 0.784. The van der Waals surface area contributed by atoms with Gasteiger partial charge >= 0.3 is 0 Å². The zero-order chi connectivity index (χ0) is 12.0. The number of hydrogen-bond donors (Lipinski definition) is 1. The number of anilines is 1. The molecule has 0 fully saturated rings. The molecule has 1 aromatic carbocycles. The van der Waals surface area contributed by atoms with Crippen LogP contribution in [0.2, 0.25) is 0 Å². The first-order valence-electron chi connectivity index (χ1n) is 5.92. The number of benzene rings is 1. The summed E-state index contributed by atoms with van der Waals surface area (Å²) >= 11 is 0. The van der Waals surface area contributed by atoms with Gasteiger partial charge in [-0.05, 0) is 24.7 Å². The van der Waals surface area contributed by atoms with Gasteiger partial charge in [0.15, 0.2) is 0 Å². The predicted molar refractivity (Wildman–Crippen MR) is 69.3 cm³/mol. The molecule has 0 spiro atoms. The summed E-state index contributed by atoms with van der Waals surface area (Å²) in [5, 5.41) is 3.13. The summed E-state index contributed by atoms with van der Waals surface area (Å²) in [6.07, 6.45) is 0. The van der Waals surface area contributed by atoms with Gasteiger partial charge in [0.05, 0.1) is 12.2 Å². The lowest BCUT2D eigenvalue weighted by molar-refractivity contribution is 0.311. The molecule has 1 aliphatic heterocycles. The molecule has 1 aromatic rings. The molecule has 0 aromatic heterocycles. The Hall–Kier alpha value is -1.22. The fourth-order valence-corrected chi connectivity index (χ4v) is 1.72. The smallest absolute Gasteiger partial charge is 0.143 e. The van der Waals surface area contributed by atoms with Crippen molar-refractivity contribution in [1.82, 2.24) is 5.32 Å². The molecule has 2 rings (SSSR count). The Labute approximate surface area is 98.4 Å². The first kappa shape index (κ1) is 12.8. The van der Waals surface area contributed by atoms with E-state index in [-0.39, 0.29) is 0 Å². The van der Waals surface area contributed by atoms with Crippen molar-refractivity contribution in [3.8, 4) is 5.75 Å². The Morgan fingerprint density at radius 1 is 1.38 bits per heavy atom. The number of likely N-dealkylation sites (N-methyl/N-ethyl adjacent to an activating group) is 1. The standard InChI is InChI=1S/C11H16N2O.C2H6/c1-12-8-9-3-4-10-11(7-9)14-6-5-13(10)2;1-2/h3-4,7,12H,5-6,8H2,1-2H3;1-2H3. The van der Waals surface area contributed by atoms with Crippen molar-refractivity contribution in [1.29, 1.82) is 0 Å². The first-order chi connectivity index (χ1) is 7.81. The van der Waals surface area contributed by atoms with Crippen LogP contribution in [0.3, 0.4) is 0 Å². The van der Waals surface area contributed by atoms with E-state index >= 15 is 0 Å². The second-order valence-corrected chi connectivity index (χ2v) is 3.60. The molecule has 0 amide bonds. The molecule has 0 atom stereocenters. The van der Waals surface area contributed by atoms with Gasteiger partial charge in [-0.3, -0.25) is 0 Å². The van der Waals surface area contributed by atoms with Crippen LogP contribution in [-0.2, 0) is 6.54 Å². The quantitative estimate of drug-likeness (QED) is 0.830. The summed E-state index contributed by atoms with van der Waals surface area (Å²) < 4.78 is 5.61. The zero-order valence-electron chi connectivity index (χ0n) is 10.7. The first-order valence-corrected chi connectivity index (χ1v) is 5.92. The summed E-state index contributed by atoms with van der Waals surface area (Å²) in [6.45, 7) is 6.64. The van der Waals surface area contributed by atoms with Gasteiger partial charge in [0.1, 0.15) is 12.4 Å². The molecular weight excluding hydrogens is 200 g/mol. The van der Waals surface area contributed by atoms with Gasteiger partial charge in [0.2, 0.25) is 0 Å². The van der Waals surface area contributed by atoms with Crippen LogP contribution >= 0.6 is 0 Å². The Kier molecular flexibility index (Phi) is 5.12. The average molecular weight is 222 g/mol. The van der Waals surface area contributed by atoms with E-state index in [4.69, 9.17) is 4.74 Å². The normalized spacial score (nSPS) is 13.4. The van der Waals surface area contributed by atoms with Crippen LogP contribution < -0.4 is 15.0 Å². The fourth-order valence-electron chi connectivity index (χ4n) is 1.72. The minimum Gasteiger partial charge on any atom is -0.490 e. The van der Waals surface area contributed by atoms with Crippen LogP contribution in [-0.4, -0.2) is 27.2 Å². The summed E-state index contributed by atoms with van der Waals surface area (Å²) in [5.74, 6) is 1.01. The molecule has 3 heteroatoms. The molecule has 0 saturated carbocycles. The van der Waals surface area contributed by atoms with E-state index in [1.165, 1.54) is 11.3 Å². The molecule has 0 bridgehead atoms. The maximum Gasteiger partial charge on any atom is 0.143 e. The molecular formula is C13H22N2O. The van der Waals surface area contributed by atoms with Gasteiger partial charge in [-0.15, -0.1) is 0 Å². The van der Waals surface area contributed by atoms with E-state index in [0.717, 1.165) is 25.4 Å². The maximum absolute atomic E-state index is 5.61. The van der Waals surface area contributed by atoms with Crippen LogP contribution in [0.25, 0.3) is 0 Å². The molecule has 90 valence electrons. The Bertz CT molecular complexity index is 326. The number of hydrogen-bond acceptors (Lipinski definition) is 3. The molecule has 0 radical (unpaired) electrons. The van der Waals surface area contributed by atoms with E-state index in [2.05, 4.69) is 35.5 Å². The predicted octanol–water partition coefficient (Wildman–Crippen LogP) is 2.26. The van der Waals surface area contributed by atoms with E-state index in [1.807, 2.05) is 20.9 Å². The van der Waals surface area contributed by atoms with Gasteiger partial charge in [0, 0.05) is 13.6 Å². The lowest BCUT2D eigenvalue weighted by atomic mass is 10.1. The van der Waals surface area contributed by atoms with Crippen molar-refractivity contribution in [2.75, 3.05) is 32.1 Å². The van der Waals surface area contributed by atoms with E-state index in [0.29, 0.717) is 0 Å². The highest BCUT2D eigenvalue weighted by molar-refractivity contribution is 5.60. The van der Waals surface area contributed by atoms with Gasteiger partial charge in [-0.1, -0.05) is 19.9 Å². The van der Waals surface area contributed by atoms with Crippen molar-refractivity contribution in [3.63, 3.8) is 0 Å². The number of ether oxygens (including phenoxy) is 1. The average Bonchev–Trinajstić information content (AvgIpc) is 2.32. The summed E-state index contributed by atoms with van der Waals surface area (Å²) in [5.41, 5.74) is 2.46. The third-order valence-corrected chi connectivity index (χ3v) is 2.50. The number of fused-ring (bicyclic) bond motifs is 1. The van der Waals surface area contributed by atoms with E-state index in [1.54, 1.807) is 0 Å². The zero-order valence-corrected chi connectivity index (χ0v) is 10.7. The Morgan fingerprint density at radius 3 is 2.81 bits per heavy atom. The lowest BCUT2D eigenvalue weighted by Gasteiger charge is -2.27. The van der Waals surface area contributed by atoms with E-state index < -0.39 is 0 Å². The van der Waals surface area contributed by atoms with Gasteiger partial charge in [-0.25, -0.2) is 0 Å². The third kappa shape index (κ3) is 2.89. The Balaban J connectivity index is 0.000000606. The van der Waals surface area contributed by atoms with Crippen LogP contribution in [0.4, 0.5) is 5.69 Å². The topological polar surface area (TPSA) is 24.5 Å². The highest BCUT2D eigenvalue weighted by Gasteiger charge is 2.14. The second kappa shape index (κ2) is 6.38. The highest BCUT2D eigenvalue weighted by Crippen LogP contribution is 2.31. The van der Waals surface area contributed by atoms with Crippen LogP contribution in [0.1, 0.15) is 19.4 Å². The van der Waals surface area contributed by atoms with Crippen LogP contribution in [0.5, 0.6) is 5.75 Å². The van der Waals surface area contributed by atoms with Crippen molar-refractivity contribution in [3.05, 3.63) is 23.8 Å². The molecule has 16 heavy (non-hydrogen) atoms. The third-order valence-electron chi connectivity index (χ3n) is 2.50. The van der Waals surface area contributed by atoms with Gasteiger partial charge in [0.25, 0.3) is 0 Å². The van der Waals surface area contributed by atoms with Crippen LogP contribution in [0, 0.1) is 0 Å². The van der Waals surface area contributed by atoms with Crippen molar-refractivity contribution < 1.29 is 4.74 Å². The second-order valence-electron chi connectivity index (χ2n) is 3.60. The number of nitrogens with zero attached hydrogens (tertiary/aromatic N) is 1. The molecule has 1 heterocycles. The van der Waals surface area contributed by atoms with E-state index in [9.17, 15) is 0 Å². The SMILES string of the molecule is CC.CNCc1ccc2c(c1)OCCN2C. The van der Waals surface area contributed by atoms with Gasteiger partial charge < -0.3 is 15.0 Å². The van der Waals surface area contributed by atoms with Crippen molar-refractivity contribution in [2.45, 2.75) is 20.4 Å². The van der Waals surface area contributed by atoms with Crippen molar-refractivity contribution in [2.24, 2.45) is 0 Å². The molecule has 0 aliphatic carbocycles. The highest BCUT2D eigenvalue weighted by atomic mass is 16.5. The molecule has 3 nitrogen and oxygen atoms in total. The molecule has 1 N–H and O–H groups in total. The summed E-state index contributed by atoms with van der Waals surface area (Å²) in [7, 11) is 4.05. The molecule has 0 unspecified atom stereocenters. The summed E-state index contributed by atoms with van der Waals surface area (Å²) in [4.78, 5) is 2.22. The molecule has 1 aliphatic rings. The Morgan fingerprint density at radius 2 is 2.12 bits per heavy atom. The van der Waals surface area contributed by atoms with Crippen molar-refractivity contribution >= 4 is 5.69 Å². The van der Waals surface area contributed by atoms with Crippen LogP contribution in [0.15, 0.2) is 18.2 Å². The molecule has 0 saturated heterocycles. The van der Waals surface area contributed by atoms with Gasteiger partial charge in [-0.2, -0.15) is 0 Å². The lowest BCUT2D eigenvalue weighted by Crippen LogP contribution is -2.28. The number of rotatable bonds is 2. The fraction of sp³-hybridized carbons (Fsp3) is 0.538. The number of nitrogens with one attached hydrogen (secondary N) is 1. The summed E-state index contributed by atoms with van der Waals surface area (Å²) in [6, 6.07) is 6.38. The largest absolute Gasteiger partial charge is 0.490 e. The minimum absolute atomic E-state index is 0.784.